The molecule has 15 heavy (non-hydrogen) atoms. The Bertz CT molecular complexity index is 238. The van der Waals surface area contributed by atoms with E-state index in [0.29, 0.717) is 13.1 Å². The second kappa shape index (κ2) is 5.55. The molecular formula is C9H18N4O2. The normalized spacial score (nSPS) is 16.0. The topological polar surface area (TPSA) is 64.7 Å². The highest BCUT2D eigenvalue weighted by Gasteiger charge is 2.20. The van der Waals surface area contributed by atoms with Crippen LogP contribution in [0.2, 0.25) is 0 Å². The first-order chi connectivity index (χ1) is 7.15. The number of amides is 3. The van der Waals surface area contributed by atoms with Crippen molar-refractivity contribution in [2.24, 2.45) is 0 Å². The van der Waals surface area contributed by atoms with E-state index in [2.05, 4.69) is 10.6 Å². The molecule has 0 aromatic rings. The number of hydrogen-bond acceptors (Lipinski definition) is 3. The average Bonchev–Trinajstić information content (AvgIpc) is 2.29. The molecule has 0 saturated carbocycles. The molecule has 0 unspecified atom stereocenters. The number of piperazine rings is 1. The van der Waals surface area contributed by atoms with Gasteiger partial charge in [0.25, 0.3) is 0 Å². The maximum absolute atomic E-state index is 11.8. The minimum atomic E-state index is -0.152. The molecule has 2 N–H and O–H groups in total. The van der Waals surface area contributed by atoms with Crippen LogP contribution in [0.3, 0.4) is 0 Å². The molecule has 1 aliphatic heterocycles. The highest BCUT2D eigenvalue weighted by molar-refractivity contribution is 5.83. The van der Waals surface area contributed by atoms with Crippen LogP contribution in [0, 0.1) is 0 Å². The van der Waals surface area contributed by atoms with E-state index in [-0.39, 0.29) is 18.5 Å². The van der Waals surface area contributed by atoms with Gasteiger partial charge in [-0.05, 0) is 0 Å². The number of nitrogens with zero attached hydrogens (tertiary/aromatic N) is 2. The van der Waals surface area contributed by atoms with Gasteiger partial charge in [-0.2, -0.15) is 0 Å². The largest absolute Gasteiger partial charge is 0.358 e. The third-order valence-corrected chi connectivity index (χ3v) is 2.37. The SMILES string of the molecule is CNC(=O)CN(C)C(=O)N1CCNCC1. The predicted molar refractivity (Wildman–Crippen MR) is 56.5 cm³/mol. The number of rotatable bonds is 2. The van der Waals surface area contributed by atoms with E-state index in [1.165, 1.54) is 4.90 Å². The third-order valence-electron chi connectivity index (χ3n) is 2.37. The zero-order valence-electron chi connectivity index (χ0n) is 9.25. The zero-order valence-corrected chi connectivity index (χ0v) is 9.25. The van der Waals surface area contributed by atoms with Gasteiger partial charge in [-0.15, -0.1) is 0 Å². The Kier molecular flexibility index (Phi) is 4.36. The Morgan fingerprint density at radius 3 is 2.53 bits per heavy atom. The number of nitrogens with one attached hydrogen (secondary N) is 2. The second-order valence-electron chi connectivity index (χ2n) is 3.55. The van der Waals surface area contributed by atoms with E-state index >= 15 is 0 Å². The zero-order chi connectivity index (χ0) is 11.3. The van der Waals surface area contributed by atoms with Gasteiger partial charge in [0.05, 0.1) is 0 Å². The maximum Gasteiger partial charge on any atom is 0.320 e. The number of carbonyl (C=O) groups is 2. The molecule has 0 bridgehead atoms. The van der Waals surface area contributed by atoms with Crippen LogP contribution in [0.1, 0.15) is 0 Å². The van der Waals surface area contributed by atoms with Crippen LogP contribution < -0.4 is 10.6 Å². The van der Waals surface area contributed by atoms with Crippen molar-refractivity contribution in [3.63, 3.8) is 0 Å². The van der Waals surface area contributed by atoms with Crippen molar-refractivity contribution in [2.45, 2.75) is 0 Å². The lowest BCUT2D eigenvalue weighted by atomic mass is 10.4. The Hall–Kier alpha value is -1.30. The number of carbonyl (C=O) groups excluding carboxylic acids is 2. The molecule has 1 rings (SSSR count). The molecule has 0 aliphatic carbocycles. The summed E-state index contributed by atoms with van der Waals surface area (Å²) in [5.74, 6) is -0.152. The van der Waals surface area contributed by atoms with Gasteiger partial charge in [0.1, 0.15) is 6.54 Å². The highest BCUT2D eigenvalue weighted by atomic mass is 16.2. The van der Waals surface area contributed by atoms with Crippen molar-refractivity contribution < 1.29 is 9.59 Å². The van der Waals surface area contributed by atoms with Crippen LogP contribution in [0.25, 0.3) is 0 Å². The van der Waals surface area contributed by atoms with E-state index in [4.69, 9.17) is 0 Å². The second-order valence-corrected chi connectivity index (χ2v) is 3.55. The summed E-state index contributed by atoms with van der Waals surface area (Å²) in [5.41, 5.74) is 0. The standard InChI is InChI=1S/C9H18N4O2/c1-10-8(14)7-12(2)9(15)13-5-3-11-4-6-13/h11H,3-7H2,1-2H3,(H,10,14). The summed E-state index contributed by atoms with van der Waals surface area (Å²) in [5, 5.41) is 5.66. The minimum absolute atomic E-state index is 0.0832. The van der Waals surface area contributed by atoms with Crippen LogP contribution >= 0.6 is 0 Å². The molecule has 0 aromatic carbocycles. The van der Waals surface area contributed by atoms with Crippen molar-refractivity contribution in [3.8, 4) is 0 Å². The quantitative estimate of drug-likeness (QED) is 0.600. The smallest absolute Gasteiger partial charge is 0.320 e. The fourth-order valence-electron chi connectivity index (χ4n) is 1.46. The molecule has 1 saturated heterocycles. The van der Waals surface area contributed by atoms with Crippen molar-refractivity contribution in [3.05, 3.63) is 0 Å². The molecular weight excluding hydrogens is 196 g/mol. The van der Waals surface area contributed by atoms with E-state index in [9.17, 15) is 9.59 Å². The van der Waals surface area contributed by atoms with Gasteiger partial charge in [0.15, 0.2) is 0 Å². The Morgan fingerprint density at radius 2 is 2.00 bits per heavy atom. The van der Waals surface area contributed by atoms with Gasteiger partial charge in [-0.25, -0.2) is 4.79 Å². The average molecular weight is 214 g/mol. The first-order valence-corrected chi connectivity index (χ1v) is 5.06. The third kappa shape index (κ3) is 3.39. The predicted octanol–water partition coefficient (Wildman–Crippen LogP) is -1.31. The summed E-state index contributed by atoms with van der Waals surface area (Å²) in [6, 6.07) is -0.0832. The van der Waals surface area contributed by atoms with Crippen LogP contribution in [-0.4, -0.2) is 68.6 Å². The van der Waals surface area contributed by atoms with Crippen LogP contribution in [0.15, 0.2) is 0 Å². The molecule has 86 valence electrons. The monoisotopic (exact) mass is 214 g/mol. The van der Waals surface area contributed by atoms with E-state index in [1.807, 2.05) is 0 Å². The highest BCUT2D eigenvalue weighted by Crippen LogP contribution is 1.98. The summed E-state index contributed by atoms with van der Waals surface area (Å²) < 4.78 is 0. The lowest BCUT2D eigenvalue weighted by Gasteiger charge is -2.31. The summed E-state index contributed by atoms with van der Waals surface area (Å²) >= 11 is 0. The summed E-state index contributed by atoms with van der Waals surface area (Å²) in [7, 11) is 3.20. The molecule has 1 fully saturated rings. The van der Waals surface area contributed by atoms with Gasteiger partial charge in [0, 0.05) is 40.3 Å². The number of likely N-dealkylation sites (N-methyl/N-ethyl adjacent to an activating group) is 2. The Labute approximate surface area is 89.6 Å². The molecule has 6 nitrogen and oxygen atoms in total. The molecule has 3 amide bonds. The van der Waals surface area contributed by atoms with Crippen molar-refractivity contribution in [1.82, 2.24) is 20.4 Å². The Balaban J connectivity index is 2.40. The summed E-state index contributed by atoms with van der Waals surface area (Å²) in [6.07, 6.45) is 0. The minimum Gasteiger partial charge on any atom is -0.358 e. The van der Waals surface area contributed by atoms with Gasteiger partial charge in [0.2, 0.25) is 5.91 Å². The summed E-state index contributed by atoms with van der Waals surface area (Å²) in [4.78, 5) is 26.1. The molecule has 1 heterocycles. The van der Waals surface area contributed by atoms with E-state index in [0.717, 1.165) is 13.1 Å². The van der Waals surface area contributed by atoms with Crippen LogP contribution in [0.4, 0.5) is 4.79 Å². The molecule has 0 spiro atoms. The first-order valence-electron chi connectivity index (χ1n) is 5.06. The van der Waals surface area contributed by atoms with Gasteiger partial charge in [-0.3, -0.25) is 4.79 Å². The van der Waals surface area contributed by atoms with Crippen LogP contribution in [-0.2, 0) is 4.79 Å². The van der Waals surface area contributed by atoms with Gasteiger partial charge >= 0.3 is 6.03 Å². The maximum atomic E-state index is 11.8. The first kappa shape index (κ1) is 11.8. The van der Waals surface area contributed by atoms with E-state index < -0.39 is 0 Å². The Morgan fingerprint density at radius 1 is 1.40 bits per heavy atom. The molecule has 1 aliphatic rings. The summed E-state index contributed by atoms with van der Waals surface area (Å²) in [6.45, 7) is 3.16. The van der Waals surface area contributed by atoms with Crippen LogP contribution in [0.5, 0.6) is 0 Å². The number of urea groups is 1. The van der Waals surface area contributed by atoms with Gasteiger partial charge in [-0.1, -0.05) is 0 Å². The lowest BCUT2D eigenvalue weighted by molar-refractivity contribution is -0.121. The molecule has 6 heteroatoms. The van der Waals surface area contributed by atoms with Crippen molar-refractivity contribution in [1.29, 1.82) is 0 Å². The molecule has 0 aromatic heterocycles. The van der Waals surface area contributed by atoms with Crippen molar-refractivity contribution in [2.75, 3.05) is 46.8 Å². The van der Waals surface area contributed by atoms with Gasteiger partial charge < -0.3 is 20.4 Å². The van der Waals surface area contributed by atoms with Crippen molar-refractivity contribution >= 4 is 11.9 Å². The van der Waals surface area contributed by atoms with E-state index in [1.54, 1.807) is 19.0 Å². The number of hydrogen-bond donors (Lipinski definition) is 2. The fraction of sp³-hybridized carbons (Fsp3) is 0.778. The molecule has 0 atom stereocenters. The molecule has 0 radical (unpaired) electrons. The fourth-order valence-corrected chi connectivity index (χ4v) is 1.46. The lowest BCUT2D eigenvalue weighted by Crippen LogP contribution is -2.52.